The van der Waals surface area contributed by atoms with Gasteiger partial charge in [0.1, 0.15) is 0 Å². The first-order valence-corrected chi connectivity index (χ1v) is 7.37. The highest BCUT2D eigenvalue weighted by molar-refractivity contribution is 5.95. The second-order valence-corrected chi connectivity index (χ2v) is 5.41. The average molecular weight is 368 g/mol. The molecule has 0 unspecified atom stereocenters. The molecule has 3 aromatic rings. The third-order valence-electron chi connectivity index (χ3n) is 3.70. The van der Waals surface area contributed by atoms with E-state index in [9.17, 15) is 4.79 Å². The van der Waals surface area contributed by atoms with Crippen LogP contribution < -0.4 is 21.5 Å². The minimum atomic E-state index is 0. The number of carbonyl (C=O) groups is 1. The number of hydrogen-bond donors (Lipinski definition) is 0. The summed E-state index contributed by atoms with van der Waals surface area (Å²) < 4.78 is 1.90. The Kier molecular flexibility index (Phi) is 5.83. The molecule has 0 aliphatic rings. The summed E-state index contributed by atoms with van der Waals surface area (Å²) >= 11 is 0. The van der Waals surface area contributed by atoms with Gasteiger partial charge < -0.3 is 17.0 Å². The second kappa shape index (κ2) is 7.84. The molecule has 1 aromatic heterocycles. The number of nitrogens with zero attached hydrogens (tertiary/aromatic N) is 1. The predicted molar refractivity (Wildman–Crippen MR) is 87.6 cm³/mol. The molecule has 3 rings (SSSR count). The van der Waals surface area contributed by atoms with E-state index in [4.69, 9.17) is 0 Å². The molecule has 0 saturated carbocycles. The van der Waals surface area contributed by atoms with Crippen LogP contribution in [0, 0.1) is 6.92 Å². The zero-order valence-corrected chi connectivity index (χ0v) is 14.5. The van der Waals surface area contributed by atoms with E-state index in [-0.39, 0.29) is 22.8 Å². The van der Waals surface area contributed by atoms with Gasteiger partial charge in [-0.2, -0.15) is 4.57 Å². The number of pyridine rings is 1. The molecule has 2 aromatic carbocycles. The predicted octanol–water partition coefficient (Wildman–Crippen LogP) is 0.836. The first-order valence-electron chi connectivity index (χ1n) is 7.37. The van der Waals surface area contributed by atoms with Crippen molar-refractivity contribution in [2.45, 2.75) is 13.5 Å². The Labute approximate surface area is 147 Å². The van der Waals surface area contributed by atoms with Crippen molar-refractivity contribution in [3.05, 3.63) is 90.3 Å². The van der Waals surface area contributed by atoms with Crippen LogP contribution in [0.2, 0.25) is 0 Å². The molecule has 1 heterocycles. The Balaban J connectivity index is 0.00000192. The fraction of sp³-hybridized carbons (Fsp3) is 0.100. The van der Waals surface area contributed by atoms with E-state index in [0.29, 0.717) is 6.54 Å². The molecule has 0 aliphatic heterocycles. The molecule has 3 heteroatoms. The lowest BCUT2D eigenvalue weighted by Crippen LogP contribution is -3.00. The Morgan fingerprint density at radius 3 is 2.00 bits per heavy atom. The Morgan fingerprint density at radius 2 is 1.39 bits per heavy atom. The lowest BCUT2D eigenvalue weighted by Gasteiger charge is -2.03. The number of ketones is 1. The Bertz CT molecular complexity index is 765. The van der Waals surface area contributed by atoms with E-state index in [1.807, 2.05) is 78.5 Å². The molecule has 0 spiro atoms. The van der Waals surface area contributed by atoms with Gasteiger partial charge in [-0.1, -0.05) is 54.6 Å². The first kappa shape index (κ1) is 17.1. The summed E-state index contributed by atoms with van der Waals surface area (Å²) in [5.41, 5.74) is 4.22. The van der Waals surface area contributed by atoms with Crippen molar-refractivity contribution in [1.82, 2.24) is 0 Å². The van der Waals surface area contributed by atoms with Crippen LogP contribution in [0.1, 0.15) is 15.9 Å². The molecular weight excluding hydrogens is 350 g/mol. The number of hydrogen-bond acceptors (Lipinski definition) is 1. The third-order valence-corrected chi connectivity index (χ3v) is 3.70. The zero-order valence-electron chi connectivity index (χ0n) is 12.9. The number of halogens is 1. The third kappa shape index (κ3) is 4.36. The van der Waals surface area contributed by atoms with Gasteiger partial charge in [0.15, 0.2) is 12.4 Å². The standard InChI is InChI=1S/C20H18NO.BrH/c1-16-11-13-21(14-12-16)15-20(22)19-9-7-18(8-10-19)17-5-3-2-4-6-17;/h2-14H,15H2,1H3;1H/q+1;/p-1. The molecular formula is C20H18BrNO. The normalized spacial score (nSPS) is 9.96. The molecule has 0 atom stereocenters. The zero-order chi connectivity index (χ0) is 15.4. The lowest BCUT2D eigenvalue weighted by molar-refractivity contribution is -0.683. The summed E-state index contributed by atoms with van der Waals surface area (Å²) in [5.74, 6) is 0.119. The summed E-state index contributed by atoms with van der Waals surface area (Å²) in [6.45, 7) is 2.40. The van der Waals surface area contributed by atoms with Gasteiger partial charge in [-0.3, -0.25) is 4.79 Å². The van der Waals surface area contributed by atoms with Gasteiger partial charge in [-0.15, -0.1) is 0 Å². The molecule has 116 valence electrons. The number of benzene rings is 2. The number of Topliss-reactive ketones (excluding diaryl/α,β-unsaturated/α-hetero) is 1. The molecule has 0 fully saturated rings. The van der Waals surface area contributed by atoms with Gasteiger partial charge in [0.05, 0.1) is 0 Å². The van der Waals surface area contributed by atoms with Crippen molar-refractivity contribution < 1.29 is 26.3 Å². The van der Waals surface area contributed by atoms with Crippen LogP contribution in [-0.2, 0) is 6.54 Å². The van der Waals surface area contributed by atoms with Crippen molar-refractivity contribution in [3.8, 4) is 11.1 Å². The minimum absolute atomic E-state index is 0. The largest absolute Gasteiger partial charge is 1.00 e. The van der Waals surface area contributed by atoms with E-state index in [1.165, 1.54) is 5.56 Å². The Hall–Kier alpha value is -2.26. The van der Waals surface area contributed by atoms with Crippen molar-refractivity contribution in [3.63, 3.8) is 0 Å². The average Bonchev–Trinajstić information content (AvgIpc) is 2.58. The van der Waals surface area contributed by atoms with Gasteiger partial charge in [-0.05, 0) is 23.6 Å². The molecule has 0 bridgehead atoms. The maximum atomic E-state index is 12.3. The van der Waals surface area contributed by atoms with Crippen molar-refractivity contribution in [2.24, 2.45) is 0 Å². The topological polar surface area (TPSA) is 20.9 Å². The fourth-order valence-corrected chi connectivity index (χ4v) is 2.37. The van der Waals surface area contributed by atoms with E-state index >= 15 is 0 Å². The lowest BCUT2D eigenvalue weighted by atomic mass is 10.0. The molecule has 23 heavy (non-hydrogen) atoms. The van der Waals surface area contributed by atoms with E-state index in [1.54, 1.807) is 0 Å². The Morgan fingerprint density at radius 1 is 0.826 bits per heavy atom. The van der Waals surface area contributed by atoms with E-state index < -0.39 is 0 Å². The van der Waals surface area contributed by atoms with Crippen LogP contribution in [-0.4, -0.2) is 5.78 Å². The highest BCUT2D eigenvalue weighted by Gasteiger charge is 2.11. The highest BCUT2D eigenvalue weighted by atomic mass is 79.9. The van der Waals surface area contributed by atoms with Crippen molar-refractivity contribution in [1.29, 1.82) is 0 Å². The van der Waals surface area contributed by atoms with Crippen molar-refractivity contribution in [2.75, 3.05) is 0 Å². The summed E-state index contributed by atoms with van der Waals surface area (Å²) in [6, 6.07) is 22.0. The van der Waals surface area contributed by atoms with E-state index in [0.717, 1.165) is 16.7 Å². The molecule has 0 saturated heterocycles. The fourth-order valence-electron chi connectivity index (χ4n) is 2.37. The number of aromatic nitrogens is 1. The molecule has 0 aliphatic carbocycles. The molecule has 0 radical (unpaired) electrons. The van der Waals surface area contributed by atoms with Crippen LogP contribution in [0.3, 0.4) is 0 Å². The quantitative estimate of drug-likeness (QED) is 0.494. The van der Waals surface area contributed by atoms with Gasteiger partial charge in [0.25, 0.3) is 0 Å². The SMILES string of the molecule is Cc1cc[n+](CC(=O)c2ccc(-c3ccccc3)cc2)cc1.[Br-]. The monoisotopic (exact) mass is 367 g/mol. The van der Waals surface area contributed by atoms with Crippen LogP contribution >= 0.6 is 0 Å². The maximum absolute atomic E-state index is 12.3. The van der Waals surface area contributed by atoms with Gasteiger partial charge in [-0.25, -0.2) is 0 Å². The maximum Gasteiger partial charge on any atom is 0.227 e. The van der Waals surface area contributed by atoms with E-state index in [2.05, 4.69) is 12.1 Å². The van der Waals surface area contributed by atoms with Crippen LogP contribution in [0.25, 0.3) is 11.1 Å². The first-order chi connectivity index (χ1) is 10.7. The summed E-state index contributed by atoms with van der Waals surface area (Å²) in [4.78, 5) is 12.3. The van der Waals surface area contributed by atoms with Gasteiger partial charge in [0, 0.05) is 17.7 Å². The van der Waals surface area contributed by atoms with Crippen LogP contribution in [0.4, 0.5) is 0 Å². The number of rotatable bonds is 4. The second-order valence-electron chi connectivity index (χ2n) is 5.41. The molecule has 2 nitrogen and oxygen atoms in total. The number of aryl methyl sites for hydroxylation is 1. The highest BCUT2D eigenvalue weighted by Crippen LogP contribution is 2.19. The summed E-state index contributed by atoms with van der Waals surface area (Å²) in [5, 5.41) is 0. The van der Waals surface area contributed by atoms with Gasteiger partial charge >= 0.3 is 0 Å². The molecule has 0 N–H and O–H groups in total. The molecule has 0 amide bonds. The summed E-state index contributed by atoms with van der Waals surface area (Å²) in [7, 11) is 0. The van der Waals surface area contributed by atoms with Crippen LogP contribution in [0.15, 0.2) is 79.1 Å². The number of carbonyl (C=O) groups excluding carboxylic acids is 1. The van der Waals surface area contributed by atoms with Crippen LogP contribution in [0.5, 0.6) is 0 Å². The minimum Gasteiger partial charge on any atom is -1.00 e. The van der Waals surface area contributed by atoms with Crippen molar-refractivity contribution >= 4 is 5.78 Å². The van der Waals surface area contributed by atoms with Gasteiger partial charge in [0.2, 0.25) is 12.3 Å². The summed E-state index contributed by atoms with van der Waals surface area (Å²) in [6.07, 6.45) is 3.87. The smallest absolute Gasteiger partial charge is 0.227 e.